The zero-order valence-electron chi connectivity index (χ0n) is 9.16. The Morgan fingerprint density at radius 1 is 1.38 bits per heavy atom. The van der Waals surface area contributed by atoms with Gasteiger partial charge in [-0.1, -0.05) is 47.0 Å². The molecule has 0 bridgehead atoms. The average molecular weight is 287 g/mol. The van der Waals surface area contributed by atoms with Crippen molar-refractivity contribution in [1.82, 2.24) is 0 Å². The maximum absolute atomic E-state index is 13.5. The molecule has 1 aliphatic rings. The Bertz CT molecular complexity index is 338. The minimum absolute atomic E-state index is 0.167. The number of hydrogen-bond acceptors (Lipinski definition) is 1. The fourth-order valence-electron chi connectivity index (χ4n) is 1.74. The van der Waals surface area contributed by atoms with Crippen LogP contribution >= 0.6 is 15.9 Å². The third-order valence-electron chi connectivity index (χ3n) is 2.93. The monoisotopic (exact) mass is 286 g/mol. The van der Waals surface area contributed by atoms with Crippen molar-refractivity contribution >= 4 is 15.9 Å². The van der Waals surface area contributed by atoms with E-state index in [1.165, 1.54) is 18.9 Å². The zero-order chi connectivity index (χ0) is 11.4. The summed E-state index contributed by atoms with van der Waals surface area (Å²) < 4.78 is 19.2. The summed E-state index contributed by atoms with van der Waals surface area (Å²) in [6.07, 6.45) is 3.61. The van der Waals surface area contributed by atoms with Gasteiger partial charge in [-0.3, -0.25) is 0 Å². The van der Waals surface area contributed by atoms with Gasteiger partial charge in [0.05, 0.1) is 6.10 Å². The number of hydrogen-bond donors (Lipinski definition) is 0. The van der Waals surface area contributed by atoms with Gasteiger partial charge in [0.25, 0.3) is 0 Å². The molecule has 1 fully saturated rings. The number of rotatable bonds is 6. The van der Waals surface area contributed by atoms with Gasteiger partial charge in [0.2, 0.25) is 0 Å². The highest BCUT2D eigenvalue weighted by Gasteiger charge is 2.22. The molecule has 1 atom stereocenters. The Labute approximate surface area is 104 Å². The van der Waals surface area contributed by atoms with Gasteiger partial charge in [-0.2, -0.15) is 0 Å². The van der Waals surface area contributed by atoms with Crippen LogP contribution in [0.4, 0.5) is 4.39 Å². The van der Waals surface area contributed by atoms with Gasteiger partial charge < -0.3 is 4.74 Å². The predicted molar refractivity (Wildman–Crippen MR) is 66.2 cm³/mol. The highest BCUT2D eigenvalue weighted by atomic mass is 79.9. The van der Waals surface area contributed by atoms with Crippen LogP contribution in [0.25, 0.3) is 0 Å². The molecular weight excluding hydrogens is 271 g/mol. The summed E-state index contributed by atoms with van der Waals surface area (Å²) in [5.74, 6) is 0.676. The molecule has 0 heterocycles. The first-order valence-corrected chi connectivity index (χ1v) is 6.85. The quantitative estimate of drug-likeness (QED) is 0.716. The Morgan fingerprint density at radius 3 is 2.75 bits per heavy atom. The van der Waals surface area contributed by atoms with E-state index in [1.54, 1.807) is 12.1 Å². The van der Waals surface area contributed by atoms with Crippen molar-refractivity contribution in [2.75, 3.05) is 11.9 Å². The van der Waals surface area contributed by atoms with Crippen molar-refractivity contribution in [2.45, 2.75) is 25.4 Å². The van der Waals surface area contributed by atoms with E-state index in [0.29, 0.717) is 10.9 Å². The van der Waals surface area contributed by atoms with Gasteiger partial charge in [-0.15, -0.1) is 0 Å². The summed E-state index contributed by atoms with van der Waals surface area (Å²) in [7, 11) is 0. The Balaban J connectivity index is 1.90. The number of ether oxygens (including phenoxy) is 1. The van der Waals surface area contributed by atoms with Gasteiger partial charge in [-0.25, -0.2) is 4.39 Å². The summed E-state index contributed by atoms with van der Waals surface area (Å²) in [6, 6.07) is 6.82. The molecular formula is C13H16BrFO. The van der Waals surface area contributed by atoms with Gasteiger partial charge in [-0.05, 0) is 18.4 Å². The molecule has 3 heteroatoms. The van der Waals surface area contributed by atoms with Crippen molar-refractivity contribution < 1.29 is 9.13 Å². The second-order valence-corrected chi connectivity index (χ2v) is 4.91. The number of alkyl halides is 1. The lowest BCUT2D eigenvalue weighted by Crippen LogP contribution is -2.09. The van der Waals surface area contributed by atoms with Crippen LogP contribution < -0.4 is 0 Å². The van der Waals surface area contributed by atoms with Crippen molar-refractivity contribution in [1.29, 1.82) is 0 Å². The molecule has 0 spiro atoms. The third kappa shape index (κ3) is 3.29. The summed E-state index contributed by atoms with van der Waals surface area (Å²) in [5, 5.41) is 0.638. The van der Waals surface area contributed by atoms with Crippen molar-refractivity contribution in [3.63, 3.8) is 0 Å². The second kappa shape index (κ2) is 5.78. The molecule has 0 amide bonds. The molecule has 1 aromatic rings. The fraction of sp³-hybridized carbons (Fsp3) is 0.538. The standard InChI is InChI=1S/C13H16BrFO/c14-9-13(16-8-7-10-5-6-10)11-3-1-2-4-12(11)15/h1-4,10,13H,5-9H2. The van der Waals surface area contributed by atoms with Gasteiger partial charge >= 0.3 is 0 Å². The molecule has 2 rings (SSSR count). The average Bonchev–Trinajstić information content (AvgIpc) is 3.10. The zero-order valence-corrected chi connectivity index (χ0v) is 10.7. The summed E-state index contributed by atoms with van der Waals surface area (Å²) in [6.45, 7) is 0.731. The first-order chi connectivity index (χ1) is 7.81. The second-order valence-electron chi connectivity index (χ2n) is 4.27. The van der Waals surface area contributed by atoms with Crippen molar-refractivity contribution in [3.8, 4) is 0 Å². The molecule has 1 unspecified atom stereocenters. The molecule has 0 aliphatic heterocycles. The van der Waals surface area contributed by atoms with E-state index in [1.807, 2.05) is 6.07 Å². The van der Waals surface area contributed by atoms with E-state index in [2.05, 4.69) is 15.9 Å². The maximum atomic E-state index is 13.5. The lowest BCUT2D eigenvalue weighted by atomic mass is 10.1. The first kappa shape index (κ1) is 12.1. The van der Waals surface area contributed by atoms with Gasteiger partial charge in [0.15, 0.2) is 0 Å². The number of halogens is 2. The predicted octanol–water partition coefficient (Wildman–Crippen LogP) is 4.08. The smallest absolute Gasteiger partial charge is 0.129 e. The topological polar surface area (TPSA) is 9.23 Å². The molecule has 1 saturated carbocycles. The number of benzene rings is 1. The molecule has 0 saturated heterocycles. The normalized spacial score (nSPS) is 17.4. The summed E-state index contributed by atoms with van der Waals surface area (Å²) in [4.78, 5) is 0. The van der Waals surface area contributed by atoms with Crippen LogP contribution in [0.5, 0.6) is 0 Å². The van der Waals surface area contributed by atoms with Gasteiger partial charge in [0, 0.05) is 17.5 Å². The Hall–Kier alpha value is -0.410. The Kier molecular flexibility index (Phi) is 4.36. The van der Waals surface area contributed by atoms with E-state index in [4.69, 9.17) is 4.74 Å². The lowest BCUT2D eigenvalue weighted by molar-refractivity contribution is 0.0631. The highest BCUT2D eigenvalue weighted by Crippen LogP contribution is 2.33. The highest BCUT2D eigenvalue weighted by molar-refractivity contribution is 9.09. The molecule has 1 nitrogen and oxygen atoms in total. The van der Waals surface area contributed by atoms with Crippen LogP contribution in [-0.4, -0.2) is 11.9 Å². The minimum Gasteiger partial charge on any atom is -0.373 e. The molecule has 1 aromatic carbocycles. The summed E-state index contributed by atoms with van der Waals surface area (Å²) in [5.41, 5.74) is 0.648. The van der Waals surface area contributed by atoms with Crippen molar-refractivity contribution in [2.24, 2.45) is 5.92 Å². The van der Waals surface area contributed by atoms with Crippen LogP contribution in [-0.2, 0) is 4.74 Å². The van der Waals surface area contributed by atoms with Crippen LogP contribution in [0.3, 0.4) is 0 Å². The van der Waals surface area contributed by atoms with Crippen molar-refractivity contribution in [3.05, 3.63) is 35.6 Å². The molecule has 0 aromatic heterocycles. The largest absolute Gasteiger partial charge is 0.373 e. The van der Waals surface area contributed by atoms with Crippen LogP contribution in [0, 0.1) is 11.7 Å². The molecule has 0 radical (unpaired) electrons. The summed E-state index contributed by atoms with van der Waals surface area (Å²) >= 11 is 3.38. The molecule has 16 heavy (non-hydrogen) atoms. The first-order valence-electron chi connectivity index (χ1n) is 5.73. The van der Waals surface area contributed by atoms with E-state index < -0.39 is 0 Å². The third-order valence-corrected chi connectivity index (χ3v) is 3.52. The maximum Gasteiger partial charge on any atom is 0.129 e. The van der Waals surface area contributed by atoms with E-state index in [-0.39, 0.29) is 11.9 Å². The van der Waals surface area contributed by atoms with E-state index in [0.717, 1.165) is 18.9 Å². The van der Waals surface area contributed by atoms with E-state index in [9.17, 15) is 4.39 Å². The minimum atomic E-state index is -0.182. The molecule has 1 aliphatic carbocycles. The van der Waals surface area contributed by atoms with Crippen LogP contribution in [0.2, 0.25) is 0 Å². The lowest BCUT2D eigenvalue weighted by Gasteiger charge is -2.16. The van der Waals surface area contributed by atoms with Crippen LogP contribution in [0.1, 0.15) is 30.9 Å². The molecule has 0 N–H and O–H groups in total. The van der Waals surface area contributed by atoms with Crippen LogP contribution in [0.15, 0.2) is 24.3 Å². The van der Waals surface area contributed by atoms with Gasteiger partial charge in [0.1, 0.15) is 5.82 Å². The van der Waals surface area contributed by atoms with E-state index >= 15 is 0 Å². The Morgan fingerprint density at radius 2 is 2.12 bits per heavy atom. The fourth-order valence-corrected chi connectivity index (χ4v) is 2.27. The molecule has 88 valence electrons. The SMILES string of the molecule is Fc1ccccc1C(CBr)OCCC1CC1.